The van der Waals surface area contributed by atoms with Gasteiger partial charge in [0.15, 0.2) is 11.6 Å². The van der Waals surface area contributed by atoms with Crippen molar-refractivity contribution in [2.45, 2.75) is 30.1 Å². The summed E-state index contributed by atoms with van der Waals surface area (Å²) in [4.78, 5) is 19.2. The number of nitrogens with one attached hydrogen (secondary N) is 4. The first-order chi connectivity index (χ1) is 20.7. The van der Waals surface area contributed by atoms with Crippen LogP contribution in [0.5, 0.6) is 0 Å². The second kappa shape index (κ2) is 12.4. The third-order valence-corrected chi connectivity index (χ3v) is 8.56. The number of halogens is 3. The summed E-state index contributed by atoms with van der Waals surface area (Å²) in [6.45, 7) is 4.71. The van der Waals surface area contributed by atoms with Crippen molar-refractivity contribution in [3.63, 3.8) is 0 Å². The number of anilines is 5. The molecule has 0 bridgehead atoms. The van der Waals surface area contributed by atoms with Crippen LogP contribution < -0.4 is 26.2 Å². The third-order valence-electron chi connectivity index (χ3n) is 7.61. The van der Waals surface area contributed by atoms with Crippen molar-refractivity contribution in [2.75, 3.05) is 72.6 Å². The van der Waals surface area contributed by atoms with E-state index in [2.05, 4.69) is 43.2 Å². The molecule has 4 heterocycles. The topological polar surface area (TPSA) is 98.7 Å². The van der Waals surface area contributed by atoms with Crippen LogP contribution in [-0.2, 0) is 11.0 Å². The van der Waals surface area contributed by atoms with Gasteiger partial charge in [0.1, 0.15) is 5.69 Å². The van der Waals surface area contributed by atoms with E-state index in [9.17, 15) is 18.0 Å². The molecule has 0 radical (unpaired) electrons. The van der Waals surface area contributed by atoms with Crippen molar-refractivity contribution in [2.24, 2.45) is 0 Å². The van der Waals surface area contributed by atoms with Crippen LogP contribution in [0, 0.1) is 0 Å². The minimum Gasteiger partial charge on any atom is -0.381 e. The molecule has 10 nitrogen and oxygen atoms in total. The molecule has 14 heteroatoms. The fraction of sp³-hybridized carbons (Fsp3) is 0.379. The predicted octanol–water partition coefficient (Wildman–Crippen LogP) is 5.38. The van der Waals surface area contributed by atoms with Crippen molar-refractivity contribution in [3.8, 4) is 0 Å². The van der Waals surface area contributed by atoms with Crippen LogP contribution in [0.3, 0.4) is 0 Å². The molecule has 6 rings (SSSR count). The second-order valence-corrected chi connectivity index (χ2v) is 11.8. The Hall–Kier alpha value is -3.88. The zero-order valence-corrected chi connectivity index (χ0v) is 24.4. The highest BCUT2D eigenvalue weighted by Crippen LogP contribution is 2.42. The first kappa shape index (κ1) is 29.2. The number of hydrogen-bond donors (Lipinski definition) is 4. The molecule has 3 aliphatic rings. The van der Waals surface area contributed by atoms with E-state index in [4.69, 9.17) is 4.74 Å². The number of aromatic nitrogens is 2. The van der Waals surface area contributed by atoms with Gasteiger partial charge in [0.25, 0.3) is 5.91 Å². The molecule has 3 aliphatic heterocycles. The Morgan fingerprint density at radius 3 is 2.53 bits per heavy atom. The maximum absolute atomic E-state index is 14.1. The molecule has 0 aliphatic carbocycles. The van der Waals surface area contributed by atoms with E-state index < -0.39 is 18.0 Å². The number of benzene rings is 2. The Kier molecular flexibility index (Phi) is 8.41. The first-order valence-corrected chi connectivity index (χ1v) is 15.0. The molecule has 0 spiro atoms. The van der Waals surface area contributed by atoms with E-state index in [1.165, 1.54) is 11.8 Å². The lowest BCUT2D eigenvalue weighted by Crippen LogP contribution is -2.44. The fourth-order valence-electron chi connectivity index (χ4n) is 5.25. The summed E-state index contributed by atoms with van der Waals surface area (Å²) in [5.74, 6) is -1.23. The monoisotopic (exact) mass is 614 g/mol. The Labute approximate surface area is 251 Å². The van der Waals surface area contributed by atoms with Crippen molar-refractivity contribution < 1.29 is 22.7 Å². The van der Waals surface area contributed by atoms with Crippen LogP contribution in [0.1, 0.15) is 23.2 Å². The minimum absolute atomic E-state index is 0.0274. The van der Waals surface area contributed by atoms with Crippen LogP contribution in [0.4, 0.5) is 41.9 Å². The number of carbonyl (C=O) groups excluding carboxylic acids is 1. The summed E-state index contributed by atoms with van der Waals surface area (Å²) < 4.78 is 47.8. The average molecular weight is 615 g/mol. The predicted molar refractivity (Wildman–Crippen MR) is 163 cm³/mol. The van der Waals surface area contributed by atoms with Crippen LogP contribution >= 0.6 is 11.8 Å². The van der Waals surface area contributed by atoms with Gasteiger partial charge in [-0.05, 0) is 50.2 Å². The number of rotatable bonds is 7. The number of ether oxygens (including phenoxy) is 1. The minimum atomic E-state index is -4.87. The van der Waals surface area contributed by atoms with Crippen LogP contribution in [0.15, 0.2) is 64.7 Å². The normalized spacial score (nSPS) is 17.9. The van der Waals surface area contributed by atoms with E-state index in [-0.39, 0.29) is 27.8 Å². The number of thioether (sulfide) groups is 1. The van der Waals surface area contributed by atoms with Crippen LogP contribution in [0.2, 0.25) is 0 Å². The summed E-state index contributed by atoms with van der Waals surface area (Å²) in [7, 11) is 2.08. The zero-order valence-electron chi connectivity index (χ0n) is 23.6. The molecule has 228 valence electrons. The van der Waals surface area contributed by atoms with Gasteiger partial charge in [0.05, 0.1) is 10.6 Å². The van der Waals surface area contributed by atoms with Gasteiger partial charge in [-0.25, -0.2) is 0 Å². The summed E-state index contributed by atoms with van der Waals surface area (Å²) >= 11 is 1.33. The Bertz CT molecular complexity index is 1480. The number of amides is 1. The Morgan fingerprint density at radius 1 is 1.07 bits per heavy atom. The van der Waals surface area contributed by atoms with Crippen LogP contribution in [-0.4, -0.2) is 73.1 Å². The van der Waals surface area contributed by atoms with Gasteiger partial charge in [0, 0.05) is 67.9 Å². The lowest BCUT2D eigenvalue weighted by Gasteiger charge is -2.34. The van der Waals surface area contributed by atoms with Gasteiger partial charge < -0.3 is 35.8 Å². The summed E-state index contributed by atoms with van der Waals surface area (Å²) in [6, 6.07) is 14.9. The molecule has 1 amide bonds. The number of alkyl halides is 3. The third kappa shape index (κ3) is 6.71. The van der Waals surface area contributed by atoms with Gasteiger partial charge in [-0.3, -0.25) is 4.79 Å². The molecule has 0 atom stereocenters. The molecule has 43 heavy (non-hydrogen) atoms. The van der Waals surface area contributed by atoms with Gasteiger partial charge in [0.2, 0.25) is 0 Å². The van der Waals surface area contributed by atoms with E-state index in [1.54, 1.807) is 12.3 Å². The van der Waals surface area contributed by atoms with Crippen molar-refractivity contribution >= 4 is 46.4 Å². The molecular weight excluding hydrogens is 581 g/mol. The maximum atomic E-state index is 14.1. The van der Waals surface area contributed by atoms with E-state index in [0.717, 1.165) is 49.6 Å². The first-order valence-electron chi connectivity index (χ1n) is 14.1. The largest absolute Gasteiger partial charge is 0.506 e. The van der Waals surface area contributed by atoms with E-state index in [0.29, 0.717) is 23.9 Å². The number of hydrogen-bond acceptors (Lipinski definition) is 9. The van der Waals surface area contributed by atoms with Crippen LogP contribution in [0.25, 0.3) is 0 Å². The molecule has 1 aromatic heterocycles. The van der Waals surface area contributed by atoms with Crippen molar-refractivity contribution in [1.29, 1.82) is 0 Å². The molecule has 0 saturated carbocycles. The molecular formula is C29H33F3N8O2S. The highest BCUT2D eigenvalue weighted by atomic mass is 32.2. The molecule has 2 aromatic carbocycles. The Morgan fingerprint density at radius 2 is 1.81 bits per heavy atom. The van der Waals surface area contributed by atoms with Crippen molar-refractivity contribution in [1.82, 2.24) is 14.7 Å². The summed E-state index contributed by atoms with van der Waals surface area (Å²) in [5.41, 5.74) is 1.79. The van der Waals surface area contributed by atoms with Gasteiger partial charge in [-0.15, -0.1) is 18.3 Å². The number of fused-ring (bicyclic) bond motifs is 1. The highest BCUT2D eigenvalue weighted by molar-refractivity contribution is 8.03. The van der Waals surface area contributed by atoms with Gasteiger partial charge >= 0.3 is 6.30 Å². The fourth-order valence-corrected chi connectivity index (χ4v) is 6.07. The number of likely N-dealkylation sites (N-methyl/N-ethyl adjacent to an activating group) is 1. The van der Waals surface area contributed by atoms with Gasteiger partial charge in [-0.2, -0.15) is 4.68 Å². The maximum Gasteiger partial charge on any atom is 0.506 e. The molecule has 4 N–H and O–H groups in total. The SMILES string of the molecule is CN1CCN(c2ccc(C(=O)Nc3c4c(nn3C(F)(F)F)NC=C(Sc3ccccc3)N4)c(NC3CCOCC3)c2)CC1. The average Bonchev–Trinajstić information content (AvgIpc) is 3.36. The standard InChI is InChI=1S/C29H33F3N8O2S/c1-38-11-13-39(14-12-38)20-7-8-22(23(17-20)34-19-9-15-42-16-10-19)28(41)36-27-25-26(37-40(27)29(30,31)32)33-18-24(35-25)43-21-5-3-2-4-6-21/h2-8,17-19,34-35H,9-16H2,1H3,(H,33,37)(H,36,41). The highest BCUT2D eigenvalue weighted by Gasteiger charge is 2.39. The lowest BCUT2D eigenvalue weighted by molar-refractivity contribution is -0.210. The summed E-state index contributed by atoms with van der Waals surface area (Å²) in [5, 5.41) is 16.1. The number of piperazine rings is 1. The zero-order chi connectivity index (χ0) is 30.0. The van der Waals surface area contributed by atoms with Crippen molar-refractivity contribution in [3.05, 3.63) is 65.3 Å². The molecule has 2 saturated heterocycles. The number of nitrogens with zero attached hydrogens (tertiary/aromatic N) is 4. The molecule has 2 fully saturated rings. The molecule has 0 unspecified atom stereocenters. The quantitative estimate of drug-likeness (QED) is 0.280. The van der Waals surface area contributed by atoms with E-state index in [1.807, 2.05) is 42.5 Å². The van der Waals surface area contributed by atoms with E-state index >= 15 is 0 Å². The second-order valence-electron chi connectivity index (χ2n) is 10.7. The Balaban J connectivity index is 1.29. The number of carbonyl (C=O) groups is 1. The smallest absolute Gasteiger partial charge is 0.381 e. The lowest BCUT2D eigenvalue weighted by atomic mass is 10.1. The van der Waals surface area contributed by atoms with Gasteiger partial charge in [-0.1, -0.05) is 30.0 Å². The summed E-state index contributed by atoms with van der Waals surface area (Å²) in [6.07, 6.45) is -1.80. The molecule has 3 aromatic rings.